The number of hydrogen-bond acceptors (Lipinski definition) is 4. The number of nitrogens with zero attached hydrogens (tertiary/aromatic N) is 3. The van der Waals surface area contributed by atoms with Gasteiger partial charge in [-0.05, 0) is 29.9 Å². The second-order valence-electron chi connectivity index (χ2n) is 6.53. The lowest BCUT2D eigenvalue weighted by Gasteiger charge is -2.21. The Morgan fingerprint density at radius 3 is 2.79 bits per heavy atom. The van der Waals surface area contributed by atoms with Gasteiger partial charge in [-0.25, -0.2) is 14.8 Å². The van der Waals surface area contributed by atoms with Gasteiger partial charge in [-0.3, -0.25) is 4.57 Å². The molecule has 7 nitrogen and oxygen atoms in total. The molecule has 24 heavy (non-hydrogen) atoms. The van der Waals surface area contributed by atoms with E-state index >= 15 is 0 Å². The van der Waals surface area contributed by atoms with Crippen LogP contribution in [0.15, 0.2) is 37.1 Å². The lowest BCUT2D eigenvalue weighted by Crippen LogP contribution is -2.36. The van der Waals surface area contributed by atoms with Gasteiger partial charge in [-0.2, -0.15) is 0 Å². The number of aliphatic hydroxyl groups excluding tert-OH is 1. The summed E-state index contributed by atoms with van der Waals surface area (Å²) in [6, 6.07) is 3.61. The van der Waals surface area contributed by atoms with Gasteiger partial charge in [0.25, 0.3) is 0 Å². The van der Waals surface area contributed by atoms with Crippen molar-refractivity contribution in [2.75, 3.05) is 13.2 Å². The molecule has 0 unspecified atom stereocenters. The van der Waals surface area contributed by atoms with Crippen molar-refractivity contribution in [3.63, 3.8) is 0 Å². The summed E-state index contributed by atoms with van der Waals surface area (Å²) in [6.07, 6.45) is 8.64. The maximum Gasteiger partial charge on any atom is 0.315 e. The Balaban J connectivity index is 1.68. The molecule has 0 saturated carbocycles. The number of carbonyl (C=O) groups is 1. The van der Waals surface area contributed by atoms with Gasteiger partial charge >= 0.3 is 6.03 Å². The van der Waals surface area contributed by atoms with Crippen LogP contribution in [-0.4, -0.2) is 38.8 Å². The average molecular weight is 331 g/mol. The Labute approximate surface area is 142 Å². The molecule has 0 aromatic carbocycles. The Morgan fingerprint density at radius 2 is 2.17 bits per heavy atom. The predicted octanol–water partition coefficient (Wildman–Crippen LogP) is 1.87. The quantitative estimate of drug-likeness (QED) is 0.644. The van der Waals surface area contributed by atoms with Gasteiger partial charge in [0.1, 0.15) is 12.1 Å². The fraction of sp³-hybridized carbons (Fsp3) is 0.471. The van der Waals surface area contributed by atoms with Gasteiger partial charge in [0.05, 0.1) is 0 Å². The SMILES string of the molecule is CC(C)(CO)CCCNC(=O)NCc1ccc(-n2ccnc2)nc1. The van der Waals surface area contributed by atoms with Gasteiger partial charge < -0.3 is 15.7 Å². The molecule has 0 aliphatic carbocycles. The first-order valence-electron chi connectivity index (χ1n) is 8.06. The van der Waals surface area contributed by atoms with Gasteiger partial charge in [0.15, 0.2) is 0 Å². The lowest BCUT2D eigenvalue weighted by atomic mass is 9.89. The van der Waals surface area contributed by atoms with Crippen LogP contribution in [0.4, 0.5) is 4.79 Å². The number of pyridine rings is 1. The largest absolute Gasteiger partial charge is 0.396 e. The highest BCUT2D eigenvalue weighted by Crippen LogP contribution is 2.20. The summed E-state index contributed by atoms with van der Waals surface area (Å²) in [5.41, 5.74) is 0.830. The number of rotatable bonds is 8. The summed E-state index contributed by atoms with van der Waals surface area (Å²) >= 11 is 0. The molecule has 2 aromatic rings. The van der Waals surface area contributed by atoms with Crippen LogP contribution in [0.3, 0.4) is 0 Å². The molecule has 3 N–H and O–H groups in total. The summed E-state index contributed by atoms with van der Waals surface area (Å²) in [6.45, 7) is 5.18. The first kappa shape index (κ1) is 17.9. The molecular weight excluding hydrogens is 306 g/mol. The highest BCUT2D eigenvalue weighted by Gasteiger charge is 2.15. The summed E-state index contributed by atoms with van der Waals surface area (Å²) < 4.78 is 1.82. The maximum atomic E-state index is 11.8. The van der Waals surface area contributed by atoms with E-state index < -0.39 is 0 Å². The van der Waals surface area contributed by atoms with Crippen molar-refractivity contribution in [1.82, 2.24) is 25.2 Å². The monoisotopic (exact) mass is 331 g/mol. The predicted molar refractivity (Wildman–Crippen MR) is 91.7 cm³/mol. The zero-order valence-corrected chi connectivity index (χ0v) is 14.2. The molecule has 0 aliphatic rings. The number of aromatic nitrogens is 3. The fourth-order valence-electron chi connectivity index (χ4n) is 2.16. The van der Waals surface area contributed by atoms with E-state index in [1.807, 2.05) is 36.7 Å². The van der Waals surface area contributed by atoms with E-state index in [2.05, 4.69) is 20.6 Å². The van der Waals surface area contributed by atoms with Crippen molar-refractivity contribution in [3.05, 3.63) is 42.6 Å². The van der Waals surface area contributed by atoms with Crippen LogP contribution in [0.2, 0.25) is 0 Å². The van der Waals surface area contributed by atoms with E-state index in [9.17, 15) is 9.90 Å². The van der Waals surface area contributed by atoms with Crippen LogP contribution in [0.25, 0.3) is 5.82 Å². The molecule has 2 aromatic heterocycles. The number of imidazole rings is 1. The van der Waals surface area contributed by atoms with Crippen LogP contribution in [0, 0.1) is 5.41 Å². The number of urea groups is 1. The Kier molecular flexibility index (Phi) is 6.31. The van der Waals surface area contributed by atoms with Crippen LogP contribution < -0.4 is 10.6 Å². The highest BCUT2D eigenvalue weighted by molar-refractivity contribution is 5.73. The molecule has 2 amide bonds. The second kappa shape index (κ2) is 8.44. The van der Waals surface area contributed by atoms with Gasteiger partial charge in [-0.1, -0.05) is 19.9 Å². The molecule has 0 atom stereocenters. The topological polar surface area (TPSA) is 92.1 Å². The minimum Gasteiger partial charge on any atom is -0.396 e. The summed E-state index contributed by atoms with van der Waals surface area (Å²) in [7, 11) is 0. The minimum atomic E-state index is -0.199. The zero-order valence-electron chi connectivity index (χ0n) is 14.2. The summed E-state index contributed by atoms with van der Waals surface area (Å²) in [5.74, 6) is 0.784. The number of carbonyl (C=O) groups excluding carboxylic acids is 1. The Morgan fingerprint density at radius 1 is 1.33 bits per heavy atom. The van der Waals surface area contributed by atoms with E-state index in [1.165, 1.54) is 0 Å². The number of hydrogen-bond donors (Lipinski definition) is 3. The number of aliphatic hydroxyl groups is 1. The summed E-state index contributed by atoms with van der Waals surface area (Å²) in [4.78, 5) is 20.1. The molecule has 7 heteroatoms. The second-order valence-corrected chi connectivity index (χ2v) is 6.53. The number of nitrogens with one attached hydrogen (secondary N) is 2. The third-order valence-electron chi connectivity index (χ3n) is 3.78. The highest BCUT2D eigenvalue weighted by atomic mass is 16.3. The Hall–Kier alpha value is -2.41. The number of amides is 2. The first-order valence-corrected chi connectivity index (χ1v) is 8.06. The Bertz CT molecular complexity index is 623. The minimum absolute atomic E-state index is 0.0964. The van der Waals surface area contributed by atoms with E-state index in [0.717, 1.165) is 24.2 Å². The maximum absolute atomic E-state index is 11.8. The third-order valence-corrected chi connectivity index (χ3v) is 3.78. The molecular formula is C17H25N5O2. The average Bonchev–Trinajstić information content (AvgIpc) is 3.12. The molecule has 2 heterocycles. The van der Waals surface area contributed by atoms with Gasteiger partial charge in [-0.15, -0.1) is 0 Å². The lowest BCUT2D eigenvalue weighted by molar-refractivity contribution is 0.148. The van der Waals surface area contributed by atoms with Gasteiger partial charge in [0, 0.05) is 38.3 Å². The normalized spacial score (nSPS) is 11.3. The molecule has 2 rings (SSSR count). The molecule has 0 saturated heterocycles. The van der Waals surface area contributed by atoms with Crippen LogP contribution in [0.1, 0.15) is 32.3 Å². The zero-order chi connectivity index (χ0) is 17.4. The van der Waals surface area contributed by atoms with E-state index in [-0.39, 0.29) is 18.1 Å². The van der Waals surface area contributed by atoms with Crippen molar-refractivity contribution in [3.8, 4) is 5.82 Å². The fourth-order valence-corrected chi connectivity index (χ4v) is 2.16. The van der Waals surface area contributed by atoms with Crippen molar-refractivity contribution < 1.29 is 9.90 Å². The molecule has 0 aliphatic heterocycles. The third kappa shape index (κ3) is 5.66. The van der Waals surface area contributed by atoms with E-state index in [0.29, 0.717) is 13.1 Å². The molecule has 130 valence electrons. The van der Waals surface area contributed by atoms with Crippen LogP contribution in [-0.2, 0) is 6.54 Å². The van der Waals surface area contributed by atoms with E-state index in [1.54, 1.807) is 18.7 Å². The summed E-state index contributed by atoms with van der Waals surface area (Å²) in [5, 5.41) is 14.8. The standard InChI is InChI=1S/C17H25N5O2/c1-17(2,12-23)6-3-7-19-16(24)21-11-14-4-5-15(20-10-14)22-9-8-18-13-22/h4-5,8-10,13,23H,3,6-7,11-12H2,1-2H3,(H2,19,21,24). The van der Waals surface area contributed by atoms with Crippen molar-refractivity contribution in [1.29, 1.82) is 0 Å². The van der Waals surface area contributed by atoms with Crippen molar-refractivity contribution >= 4 is 6.03 Å². The molecule has 0 spiro atoms. The van der Waals surface area contributed by atoms with E-state index in [4.69, 9.17) is 0 Å². The molecule has 0 radical (unpaired) electrons. The van der Waals surface area contributed by atoms with Crippen molar-refractivity contribution in [2.24, 2.45) is 5.41 Å². The van der Waals surface area contributed by atoms with Crippen molar-refractivity contribution in [2.45, 2.75) is 33.2 Å². The first-order chi connectivity index (χ1) is 11.5. The smallest absolute Gasteiger partial charge is 0.315 e. The van der Waals surface area contributed by atoms with Gasteiger partial charge in [0.2, 0.25) is 0 Å². The van der Waals surface area contributed by atoms with Crippen LogP contribution in [0.5, 0.6) is 0 Å². The molecule has 0 bridgehead atoms. The molecule has 0 fully saturated rings. The van der Waals surface area contributed by atoms with Crippen LogP contribution >= 0.6 is 0 Å².